The number of alkyl halides is 1. The van der Waals surface area contributed by atoms with E-state index in [4.69, 9.17) is 0 Å². The largest absolute Gasteiger partial charge is 0.394 e. The number of aliphatic hydroxyl groups is 1. The van der Waals surface area contributed by atoms with Crippen LogP contribution >= 0.6 is 27.7 Å². The summed E-state index contributed by atoms with van der Waals surface area (Å²) < 4.78 is -0.753. The van der Waals surface area contributed by atoms with Gasteiger partial charge in [0.2, 0.25) is 17.7 Å². The molecule has 0 radical (unpaired) electrons. The number of hydrogen-bond donors (Lipinski definition) is 1. The zero-order chi connectivity index (χ0) is 29.0. The van der Waals surface area contributed by atoms with Crippen LogP contribution in [-0.4, -0.2) is 97.7 Å². The fourth-order valence-electron chi connectivity index (χ4n) is 6.87. The fourth-order valence-corrected chi connectivity index (χ4v) is 10.5. The third-order valence-corrected chi connectivity index (χ3v) is 11.9. The molecule has 1 aromatic carbocycles. The van der Waals surface area contributed by atoms with Crippen molar-refractivity contribution in [1.82, 2.24) is 14.7 Å². The zero-order valence-electron chi connectivity index (χ0n) is 23.6. The van der Waals surface area contributed by atoms with Crippen molar-refractivity contribution >= 4 is 45.4 Å². The molecule has 1 spiro atoms. The molecule has 3 fully saturated rings. The Labute approximate surface area is 251 Å². The summed E-state index contributed by atoms with van der Waals surface area (Å²) >= 11 is 5.47. The summed E-state index contributed by atoms with van der Waals surface area (Å²) in [4.78, 5) is 48.0. The number of nitrogens with zero attached hydrogens (tertiary/aromatic N) is 3. The molecule has 0 aromatic heterocycles. The minimum absolute atomic E-state index is 0.00229. The predicted molar refractivity (Wildman–Crippen MR) is 164 cm³/mol. The molecular weight excluding hydrogens is 590 g/mol. The van der Waals surface area contributed by atoms with E-state index in [0.717, 1.165) is 24.8 Å². The van der Waals surface area contributed by atoms with Gasteiger partial charge in [-0.25, -0.2) is 0 Å². The van der Waals surface area contributed by atoms with Crippen molar-refractivity contribution in [2.24, 2.45) is 11.8 Å². The van der Waals surface area contributed by atoms with Gasteiger partial charge in [0.25, 0.3) is 0 Å². The van der Waals surface area contributed by atoms with E-state index in [-0.39, 0.29) is 34.4 Å². The van der Waals surface area contributed by atoms with Gasteiger partial charge in [0.1, 0.15) is 6.04 Å². The van der Waals surface area contributed by atoms with Crippen LogP contribution in [0.25, 0.3) is 0 Å². The third-order valence-electron chi connectivity index (χ3n) is 8.64. The lowest BCUT2D eigenvalue weighted by Gasteiger charge is -2.40. The number of carbonyl (C=O) groups is 3. The van der Waals surface area contributed by atoms with Crippen LogP contribution in [0, 0.1) is 11.8 Å². The highest BCUT2D eigenvalue weighted by atomic mass is 79.9. The predicted octanol–water partition coefficient (Wildman–Crippen LogP) is 3.90. The van der Waals surface area contributed by atoms with E-state index < -0.39 is 28.7 Å². The number of halogens is 1. The standard InChI is InChI=1S/C31H42BrN3O4S/c1-5-8-12-17-34(16-7-3)30(39)27-31-19-23(32)26(40-31)24(28(37)33(4)15-6-2)25(31)29(38)35(27)22(20-36)18-21-13-10-9-11-14-21/h6-7,9-11,13-14,22-27,36H,2-3,5,8,12,15-20H2,1,4H3/t22-,23?,24-,25+,26-,27?,31?/m1/s1. The first-order valence-electron chi connectivity index (χ1n) is 14.3. The van der Waals surface area contributed by atoms with Gasteiger partial charge in [0.05, 0.1) is 29.2 Å². The van der Waals surface area contributed by atoms with E-state index in [9.17, 15) is 19.5 Å². The van der Waals surface area contributed by atoms with E-state index in [1.165, 1.54) is 0 Å². The number of fused-ring (bicyclic) bond motifs is 1. The molecule has 3 amide bonds. The van der Waals surface area contributed by atoms with Crippen molar-refractivity contribution in [3.63, 3.8) is 0 Å². The third kappa shape index (κ3) is 5.53. The number of unbranched alkanes of at least 4 members (excludes halogenated alkanes) is 2. The molecule has 9 heteroatoms. The van der Waals surface area contributed by atoms with Gasteiger partial charge in [-0.3, -0.25) is 14.4 Å². The van der Waals surface area contributed by atoms with Crippen LogP contribution in [-0.2, 0) is 20.8 Å². The molecule has 3 aliphatic rings. The van der Waals surface area contributed by atoms with E-state index in [0.29, 0.717) is 32.5 Å². The van der Waals surface area contributed by atoms with Gasteiger partial charge in [-0.2, -0.15) is 0 Å². The van der Waals surface area contributed by atoms with Crippen molar-refractivity contribution in [2.75, 3.05) is 33.3 Å². The molecule has 1 aromatic rings. The van der Waals surface area contributed by atoms with Crippen LogP contribution in [0.4, 0.5) is 0 Å². The second kappa shape index (κ2) is 13.3. The molecule has 3 saturated heterocycles. The smallest absolute Gasteiger partial charge is 0.247 e. The van der Waals surface area contributed by atoms with Crippen LogP contribution in [0.5, 0.6) is 0 Å². The maximum absolute atomic E-state index is 14.6. The molecule has 3 heterocycles. The van der Waals surface area contributed by atoms with Crippen LogP contribution in [0.3, 0.4) is 0 Å². The maximum atomic E-state index is 14.6. The molecule has 1 N–H and O–H groups in total. The zero-order valence-corrected chi connectivity index (χ0v) is 26.0. The Bertz CT molecular complexity index is 1100. The first-order valence-corrected chi connectivity index (χ1v) is 16.1. The molecule has 218 valence electrons. The van der Waals surface area contributed by atoms with Gasteiger partial charge >= 0.3 is 0 Å². The lowest BCUT2D eigenvalue weighted by Crippen LogP contribution is -2.58. The maximum Gasteiger partial charge on any atom is 0.247 e. The number of benzene rings is 1. The summed E-state index contributed by atoms with van der Waals surface area (Å²) in [7, 11) is 1.74. The number of rotatable bonds is 14. The second-order valence-electron chi connectivity index (χ2n) is 11.2. The Morgan fingerprint density at radius 1 is 1.20 bits per heavy atom. The van der Waals surface area contributed by atoms with Gasteiger partial charge in [-0.05, 0) is 24.8 Å². The van der Waals surface area contributed by atoms with Gasteiger partial charge < -0.3 is 19.8 Å². The average molecular weight is 633 g/mol. The second-order valence-corrected chi connectivity index (χ2v) is 13.9. The normalized spacial score (nSPS) is 29.2. The van der Waals surface area contributed by atoms with Crippen molar-refractivity contribution in [3.05, 3.63) is 61.2 Å². The molecule has 7 nitrogen and oxygen atoms in total. The van der Waals surface area contributed by atoms with Crippen LogP contribution < -0.4 is 0 Å². The van der Waals surface area contributed by atoms with E-state index in [2.05, 4.69) is 36.0 Å². The lowest BCUT2D eigenvalue weighted by molar-refractivity contribution is -0.146. The number of thioether (sulfide) groups is 1. The number of carbonyl (C=O) groups excluding carboxylic acids is 3. The topological polar surface area (TPSA) is 81.2 Å². The lowest BCUT2D eigenvalue weighted by atomic mass is 9.70. The van der Waals surface area contributed by atoms with Crippen molar-refractivity contribution in [1.29, 1.82) is 0 Å². The Morgan fingerprint density at radius 3 is 2.52 bits per heavy atom. The van der Waals surface area contributed by atoms with Gasteiger partial charge in [0, 0.05) is 36.8 Å². The van der Waals surface area contributed by atoms with Gasteiger partial charge in [-0.15, -0.1) is 24.9 Å². The summed E-state index contributed by atoms with van der Waals surface area (Å²) in [5.74, 6) is -1.58. The summed E-state index contributed by atoms with van der Waals surface area (Å²) in [6, 6.07) is 8.38. The van der Waals surface area contributed by atoms with Gasteiger partial charge in [0.15, 0.2) is 0 Å². The molecule has 2 bridgehead atoms. The number of amides is 3. The van der Waals surface area contributed by atoms with Crippen LogP contribution in [0.1, 0.15) is 38.2 Å². The van der Waals surface area contributed by atoms with Crippen molar-refractivity contribution in [2.45, 2.75) is 65.9 Å². The van der Waals surface area contributed by atoms with Gasteiger partial charge in [-0.1, -0.05) is 78.2 Å². The molecular formula is C31H42BrN3O4S. The summed E-state index contributed by atoms with van der Waals surface area (Å²) in [6.45, 7) is 10.9. The first kappa shape index (κ1) is 30.8. The van der Waals surface area contributed by atoms with E-state index in [1.807, 2.05) is 35.2 Å². The molecule has 4 rings (SSSR count). The highest BCUT2D eigenvalue weighted by Gasteiger charge is 2.76. The minimum atomic E-state index is -0.773. The molecule has 3 aliphatic heterocycles. The Balaban J connectivity index is 1.79. The van der Waals surface area contributed by atoms with Crippen molar-refractivity contribution in [3.8, 4) is 0 Å². The Hall–Kier alpha value is -2.10. The molecule has 40 heavy (non-hydrogen) atoms. The van der Waals surface area contributed by atoms with Crippen LogP contribution in [0.15, 0.2) is 55.6 Å². The number of aliphatic hydroxyl groups excluding tert-OH is 1. The minimum Gasteiger partial charge on any atom is -0.394 e. The average Bonchev–Trinajstić information content (AvgIpc) is 3.54. The Kier molecular flexibility index (Phi) is 10.2. The molecule has 0 aliphatic carbocycles. The number of hydrogen-bond acceptors (Lipinski definition) is 5. The highest BCUT2D eigenvalue weighted by Crippen LogP contribution is 2.68. The van der Waals surface area contributed by atoms with Crippen LogP contribution in [0.2, 0.25) is 0 Å². The molecule has 3 unspecified atom stereocenters. The molecule has 7 atom stereocenters. The first-order chi connectivity index (χ1) is 19.2. The van der Waals surface area contributed by atoms with E-state index >= 15 is 0 Å². The summed E-state index contributed by atoms with van der Waals surface area (Å²) in [6.07, 6.45) is 7.35. The van der Waals surface area contributed by atoms with E-state index in [1.54, 1.807) is 40.8 Å². The SMILES string of the molecule is C=CCN(C)C(=O)[C@H]1[C@@H]2SC3(CC2Br)C(C(=O)N(CC=C)CCCCC)N([C@@H](CO)Cc2ccccc2)C(=O)[C@H]13. The number of likely N-dealkylation sites (N-methyl/N-ethyl adjacent to an activating group) is 1. The monoisotopic (exact) mass is 631 g/mol. The fraction of sp³-hybridized carbons (Fsp3) is 0.581. The summed E-state index contributed by atoms with van der Waals surface area (Å²) in [5, 5.41) is 10.5. The van der Waals surface area contributed by atoms with Crippen molar-refractivity contribution < 1.29 is 19.5 Å². The number of likely N-dealkylation sites (tertiary alicyclic amines) is 1. The quantitative estimate of drug-likeness (QED) is 0.191. The highest BCUT2D eigenvalue weighted by molar-refractivity contribution is 9.09. The summed E-state index contributed by atoms with van der Waals surface area (Å²) in [5.41, 5.74) is 0.981. The Morgan fingerprint density at radius 2 is 1.90 bits per heavy atom. The molecule has 0 saturated carbocycles.